The first-order chi connectivity index (χ1) is 10.2. The van der Waals surface area contributed by atoms with Crippen LogP contribution in [0.4, 0.5) is 0 Å². The van der Waals surface area contributed by atoms with Gasteiger partial charge in [0.15, 0.2) is 0 Å². The maximum Gasteiger partial charge on any atom is 0.139 e. The first-order valence-corrected chi connectivity index (χ1v) is 8.71. The summed E-state index contributed by atoms with van der Waals surface area (Å²) in [6.45, 7) is 0. The highest BCUT2D eigenvalue weighted by Gasteiger charge is 2.16. The fraction of sp³-hybridized carbons (Fsp3) is 0. The number of rotatable bonds is 3. The zero-order chi connectivity index (χ0) is 17.2. The third kappa shape index (κ3) is 3.53. The number of hydrogen-bond donors (Lipinski definition) is 0. The Morgan fingerprint density at radius 1 is 0.682 bits per heavy atom. The second-order valence-corrected chi connectivity index (χ2v) is 6.94. The van der Waals surface area contributed by atoms with E-state index in [1.807, 2.05) is 0 Å². The van der Waals surface area contributed by atoms with Crippen LogP contribution < -0.4 is 27.3 Å². The van der Waals surface area contributed by atoms with Crippen molar-refractivity contribution in [3.8, 4) is 0 Å². The molecule has 0 N–H and O–H groups in total. The minimum Gasteiger partial charge on any atom is -0.117 e. The van der Waals surface area contributed by atoms with Crippen molar-refractivity contribution in [1.29, 1.82) is 0 Å². The van der Waals surface area contributed by atoms with E-state index in [0.29, 0.717) is 0 Å². The van der Waals surface area contributed by atoms with Crippen molar-refractivity contribution in [2.45, 2.75) is 0 Å². The molecule has 0 aliphatic heterocycles. The van der Waals surface area contributed by atoms with Crippen LogP contribution in [0.3, 0.4) is 0 Å². The van der Waals surface area contributed by atoms with Crippen molar-refractivity contribution in [3.63, 3.8) is 0 Å². The summed E-state index contributed by atoms with van der Waals surface area (Å²) >= 11 is 3.67. The largest absolute Gasteiger partial charge is 0.139 e. The Hall–Kier alpha value is -0.496. The van der Waals surface area contributed by atoms with Crippen molar-refractivity contribution in [1.82, 2.24) is 0 Å². The van der Waals surface area contributed by atoms with Crippen LogP contribution in [0, 0.1) is 0 Å². The predicted octanol–water partition coefficient (Wildman–Crippen LogP) is -8.70. The van der Waals surface area contributed by atoms with E-state index in [1.165, 1.54) is 53.9 Å². The summed E-state index contributed by atoms with van der Waals surface area (Å²) in [6, 6.07) is 0. The summed E-state index contributed by atoms with van der Waals surface area (Å²) in [5.74, 6) is 4.36. The molecule has 102 valence electrons. The lowest BCUT2D eigenvalue weighted by Gasteiger charge is -2.24. The minimum absolute atomic E-state index is 1.17. The van der Waals surface area contributed by atoms with Gasteiger partial charge in [0.2, 0.25) is 0 Å². The van der Waals surface area contributed by atoms with Crippen LogP contribution in [-0.4, -0.2) is 70.6 Å². The SMILES string of the molecule is B/C=C(Br)/C(B)=C(B)\C(=C\B)c1c(B)c(B)c(B)c(B)c1B. The molecule has 0 heterocycles. The normalized spacial score (nSPS) is 13.9. The van der Waals surface area contributed by atoms with Crippen molar-refractivity contribution >= 4 is 119 Å². The van der Waals surface area contributed by atoms with E-state index in [-0.39, 0.29) is 0 Å². The molecule has 1 aromatic carbocycles. The summed E-state index contributed by atoms with van der Waals surface area (Å²) in [5.41, 5.74) is 12.4. The third-order valence-corrected chi connectivity index (χ3v) is 6.19. The number of hydrogen-bond acceptors (Lipinski definition) is 0. The number of allylic oxidation sites excluding steroid dienone is 4. The lowest BCUT2D eigenvalue weighted by molar-refractivity contribution is 1.74. The average molecular weight is 342 g/mol. The molecule has 10 heteroatoms. The van der Waals surface area contributed by atoms with E-state index in [2.05, 4.69) is 98.5 Å². The topological polar surface area (TPSA) is 0 Å². The molecule has 0 bridgehead atoms. The molecule has 0 unspecified atom stereocenters. The fourth-order valence-corrected chi connectivity index (χ4v) is 3.35. The average Bonchev–Trinajstić information content (AvgIpc) is 2.52. The van der Waals surface area contributed by atoms with E-state index in [1.54, 1.807) is 0 Å². The van der Waals surface area contributed by atoms with Crippen LogP contribution in [0.5, 0.6) is 0 Å². The molecule has 0 saturated carbocycles. The zero-order valence-corrected chi connectivity index (χ0v) is 17.1. The van der Waals surface area contributed by atoms with Crippen molar-refractivity contribution in [3.05, 3.63) is 32.9 Å². The van der Waals surface area contributed by atoms with Gasteiger partial charge >= 0.3 is 0 Å². The summed E-state index contributed by atoms with van der Waals surface area (Å²) in [7, 11) is 19.8. The van der Waals surface area contributed by atoms with Gasteiger partial charge in [-0.25, -0.2) is 0 Å². The van der Waals surface area contributed by atoms with Gasteiger partial charge in [-0.05, 0) is 15.6 Å². The maximum atomic E-state index is 3.67. The highest BCUT2D eigenvalue weighted by Crippen LogP contribution is 2.24. The Labute approximate surface area is 152 Å². The molecule has 0 amide bonds. The molecule has 0 nitrogen and oxygen atoms in total. The van der Waals surface area contributed by atoms with Crippen molar-refractivity contribution < 1.29 is 0 Å². The van der Waals surface area contributed by atoms with Gasteiger partial charge in [-0.15, -0.1) is 28.3 Å². The Bertz CT molecular complexity index is 674. The summed E-state index contributed by atoms with van der Waals surface area (Å²) in [6.07, 6.45) is 0. The standard InChI is InChI=1S/C12H20B9Br/c13-1-3(6(15)7(16)4(22)2-14)5-8(17)10(19)12(21)11(20)9(5)18/h1-2H,13-21H2/b3-1+,4-2-,7-6-. The molecule has 0 saturated heterocycles. The second kappa shape index (κ2) is 7.86. The molecule has 0 radical (unpaired) electrons. The van der Waals surface area contributed by atoms with Gasteiger partial charge in [0.05, 0.1) is 0 Å². The summed E-state index contributed by atoms with van der Waals surface area (Å²) in [5, 5.41) is 0. The molecular formula is C12H20B9Br. The molecule has 0 aromatic heterocycles. The Kier molecular flexibility index (Phi) is 6.98. The molecule has 0 aliphatic carbocycles. The molecule has 0 aliphatic rings. The molecule has 0 atom stereocenters. The molecule has 0 fully saturated rings. The molecule has 0 spiro atoms. The van der Waals surface area contributed by atoms with E-state index in [4.69, 9.17) is 0 Å². The van der Waals surface area contributed by atoms with E-state index >= 15 is 0 Å². The Balaban J connectivity index is 3.74. The van der Waals surface area contributed by atoms with Crippen LogP contribution in [0.2, 0.25) is 0 Å². The zero-order valence-electron chi connectivity index (χ0n) is 15.5. The first kappa shape index (κ1) is 19.6. The second-order valence-electron chi connectivity index (χ2n) is 6.09. The Morgan fingerprint density at radius 2 is 1.09 bits per heavy atom. The predicted molar refractivity (Wildman–Crippen MR) is 134 cm³/mol. The van der Waals surface area contributed by atoms with E-state index < -0.39 is 0 Å². The van der Waals surface area contributed by atoms with Crippen LogP contribution in [0.1, 0.15) is 5.56 Å². The molecule has 1 aromatic rings. The Morgan fingerprint density at radius 3 is 1.45 bits per heavy atom. The quantitative estimate of drug-likeness (QED) is 0.378. The smallest absolute Gasteiger partial charge is 0.117 e. The van der Waals surface area contributed by atoms with Gasteiger partial charge in [-0.2, -0.15) is 0 Å². The summed E-state index contributed by atoms with van der Waals surface area (Å²) in [4.78, 5) is 0. The minimum atomic E-state index is 1.17. The molecule has 1 rings (SSSR count). The van der Waals surface area contributed by atoms with Gasteiger partial charge in [0, 0.05) is 0 Å². The highest BCUT2D eigenvalue weighted by atomic mass is 79.9. The van der Waals surface area contributed by atoms with E-state index in [0.717, 1.165) is 0 Å². The van der Waals surface area contributed by atoms with Gasteiger partial charge < -0.3 is 0 Å². The molecular weight excluding hydrogens is 321 g/mol. The summed E-state index contributed by atoms with van der Waals surface area (Å²) < 4.78 is 1.17. The highest BCUT2D eigenvalue weighted by molar-refractivity contribution is 9.12. The van der Waals surface area contributed by atoms with Crippen LogP contribution in [-0.2, 0) is 0 Å². The van der Waals surface area contributed by atoms with Gasteiger partial charge in [0.1, 0.15) is 70.6 Å². The first-order valence-electron chi connectivity index (χ1n) is 7.92. The number of halogens is 1. The maximum absolute atomic E-state index is 3.67. The van der Waals surface area contributed by atoms with E-state index in [9.17, 15) is 0 Å². The number of benzene rings is 1. The monoisotopic (exact) mass is 342 g/mol. The van der Waals surface area contributed by atoms with Crippen LogP contribution in [0.15, 0.2) is 27.4 Å². The van der Waals surface area contributed by atoms with Crippen molar-refractivity contribution in [2.24, 2.45) is 0 Å². The van der Waals surface area contributed by atoms with Crippen molar-refractivity contribution in [2.75, 3.05) is 0 Å². The van der Waals surface area contributed by atoms with Crippen LogP contribution >= 0.6 is 15.9 Å². The molecule has 22 heavy (non-hydrogen) atoms. The van der Waals surface area contributed by atoms with Gasteiger partial charge in [0.25, 0.3) is 0 Å². The van der Waals surface area contributed by atoms with Gasteiger partial charge in [-0.1, -0.05) is 37.8 Å². The fourth-order valence-electron chi connectivity index (χ4n) is 3.05. The lowest BCUT2D eigenvalue weighted by Crippen LogP contribution is -2.56. The van der Waals surface area contributed by atoms with Gasteiger partial charge in [-0.3, -0.25) is 0 Å². The van der Waals surface area contributed by atoms with Crippen LogP contribution in [0.25, 0.3) is 5.57 Å². The third-order valence-electron chi connectivity index (χ3n) is 5.14. The lowest BCUT2D eigenvalue weighted by atomic mass is 9.58.